The number of hydrogen-bond acceptors (Lipinski definition) is 3. The first-order valence-corrected chi connectivity index (χ1v) is 6.97. The fourth-order valence-electron chi connectivity index (χ4n) is 1.80. The van der Waals surface area contributed by atoms with Crippen molar-refractivity contribution >= 4 is 15.9 Å². The van der Waals surface area contributed by atoms with Crippen LogP contribution in [0.5, 0.6) is 5.75 Å². The summed E-state index contributed by atoms with van der Waals surface area (Å²) in [5.74, 6) is 0.742. The van der Waals surface area contributed by atoms with E-state index in [2.05, 4.69) is 28.0 Å². The molecule has 2 rings (SSSR count). The van der Waals surface area contributed by atoms with Gasteiger partial charge >= 0.3 is 0 Å². The highest BCUT2D eigenvalue weighted by atomic mass is 79.9. The smallest absolute Gasteiger partial charge is 0.130 e. The van der Waals surface area contributed by atoms with Gasteiger partial charge in [-0.15, -0.1) is 0 Å². The molecule has 0 aliphatic heterocycles. The van der Waals surface area contributed by atoms with Crippen LogP contribution in [-0.4, -0.2) is 14.9 Å². The maximum absolute atomic E-state index is 9.21. The van der Waals surface area contributed by atoms with Crippen LogP contribution in [-0.2, 0) is 26.7 Å². The van der Waals surface area contributed by atoms with E-state index in [0.717, 1.165) is 33.6 Å². The standard InChI is InChI=1S/C14H17BrN2O2/c1-3-11-7-12(17(2)16-11)9-19-13-4-5-14(15)10(6-13)8-18/h4-7,18H,3,8-9H2,1-2H3. The van der Waals surface area contributed by atoms with Gasteiger partial charge in [-0.3, -0.25) is 4.68 Å². The molecule has 0 unspecified atom stereocenters. The van der Waals surface area contributed by atoms with E-state index >= 15 is 0 Å². The molecule has 1 N–H and O–H groups in total. The highest BCUT2D eigenvalue weighted by Gasteiger charge is 2.06. The Kier molecular flexibility index (Phi) is 4.61. The van der Waals surface area contributed by atoms with Gasteiger partial charge < -0.3 is 9.84 Å². The van der Waals surface area contributed by atoms with Gasteiger partial charge in [0.1, 0.15) is 12.4 Å². The van der Waals surface area contributed by atoms with Gasteiger partial charge in [-0.05, 0) is 36.2 Å². The van der Waals surface area contributed by atoms with Crippen LogP contribution in [0.15, 0.2) is 28.7 Å². The number of nitrogens with zero attached hydrogens (tertiary/aromatic N) is 2. The molecule has 0 bridgehead atoms. The van der Waals surface area contributed by atoms with Crippen LogP contribution >= 0.6 is 15.9 Å². The third kappa shape index (κ3) is 3.36. The number of hydrogen-bond donors (Lipinski definition) is 1. The van der Waals surface area contributed by atoms with Crippen molar-refractivity contribution in [1.82, 2.24) is 9.78 Å². The summed E-state index contributed by atoms with van der Waals surface area (Å²) >= 11 is 3.38. The summed E-state index contributed by atoms with van der Waals surface area (Å²) in [6, 6.07) is 7.63. The minimum Gasteiger partial charge on any atom is -0.487 e. The molecule has 1 aromatic carbocycles. The SMILES string of the molecule is CCc1cc(COc2ccc(Br)c(CO)c2)n(C)n1. The van der Waals surface area contributed by atoms with Crippen LogP contribution in [0.25, 0.3) is 0 Å². The second kappa shape index (κ2) is 6.21. The predicted molar refractivity (Wildman–Crippen MR) is 77.0 cm³/mol. The van der Waals surface area contributed by atoms with Crippen molar-refractivity contribution in [2.75, 3.05) is 0 Å². The van der Waals surface area contributed by atoms with Crippen LogP contribution in [0.1, 0.15) is 23.9 Å². The Bertz CT molecular complexity index is 567. The minimum absolute atomic E-state index is 0.0104. The van der Waals surface area contributed by atoms with Gasteiger partial charge in [0.25, 0.3) is 0 Å². The summed E-state index contributed by atoms with van der Waals surface area (Å²) < 4.78 is 8.46. The Hall–Kier alpha value is -1.33. The molecular weight excluding hydrogens is 308 g/mol. The first-order valence-electron chi connectivity index (χ1n) is 6.18. The Morgan fingerprint density at radius 1 is 1.37 bits per heavy atom. The van der Waals surface area contributed by atoms with E-state index in [1.54, 1.807) is 0 Å². The first-order chi connectivity index (χ1) is 9.13. The van der Waals surface area contributed by atoms with Crippen LogP contribution in [0.4, 0.5) is 0 Å². The third-order valence-electron chi connectivity index (χ3n) is 2.96. The molecule has 5 heteroatoms. The molecule has 0 saturated heterocycles. The van der Waals surface area contributed by atoms with Gasteiger partial charge in [0.2, 0.25) is 0 Å². The van der Waals surface area contributed by atoms with E-state index in [4.69, 9.17) is 4.74 Å². The van der Waals surface area contributed by atoms with Crippen LogP contribution < -0.4 is 4.74 Å². The van der Waals surface area contributed by atoms with Gasteiger partial charge in [-0.1, -0.05) is 22.9 Å². The Morgan fingerprint density at radius 3 is 2.79 bits per heavy atom. The van der Waals surface area contributed by atoms with Crippen molar-refractivity contribution in [3.05, 3.63) is 45.7 Å². The number of aryl methyl sites for hydroxylation is 2. The lowest BCUT2D eigenvalue weighted by Crippen LogP contribution is -2.03. The summed E-state index contributed by atoms with van der Waals surface area (Å²) in [5.41, 5.74) is 2.91. The maximum Gasteiger partial charge on any atom is 0.130 e. The van der Waals surface area contributed by atoms with Crippen molar-refractivity contribution in [1.29, 1.82) is 0 Å². The van der Waals surface area contributed by atoms with Crippen molar-refractivity contribution in [2.45, 2.75) is 26.6 Å². The molecule has 4 nitrogen and oxygen atoms in total. The highest BCUT2D eigenvalue weighted by molar-refractivity contribution is 9.10. The van der Waals surface area contributed by atoms with E-state index in [1.165, 1.54) is 0 Å². The molecule has 0 fully saturated rings. The van der Waals surface area contributed by atoms with Crippen molar-refractivity contribution in [2.24, 2.45) is 7.05 Å². The lowest BCUT2D eigenvalue weighted by molar-refractivity contribution is 0.275. The molecule has 0 saturated carbocycles. The molecular formula is C14H17BrN2O2. The predicted octanol–water partition coefficient (Wildman–Crippen LogP) is 2.82. The molecule has 2 aromatic rings. The van der Waals surface area contributed by atoms with Crippen molar-refractivity contribution in [3.8, 4) is 5.75 Å². The number of aliphatic hydroxyl groups excluding tert-OH is 1. The Labute approximate surface area is 121 Å². The minimum atomic E-state index is -0.0104. The number of ether oxygens (including phenoxy) is 1. The number of aromatic nitrogens is 2. The van der Waals surface area contributed by atoms with Gasteiger partial charge in [0.05, 0.1) is 18.0 Å². The molecule has 0 aliphatic carbocycles. The second-order valence-electron chi connectivity index (χ2n) is 4.30. The molecule has 0 radical (unpaired) electrons. The zero-order chi connectivity index (χ0) is 13.8. The molecule has 0 aliphatic rings. The number of aliphatic hydroxyl groups is 1. The van der Waals surface area contributed by atoms with Gasteiger partial charge in [-0.25, -0.2) is 0 Å². The fourth-order valence-corrected chi connectivity index (χ4v) is 2.17. The van der Waals surface area contributed by atoms with Crippen LogP contribution in [0.2, 0.25) is 0 Å². The van der Waals surface area contributed by atoms with E-state index in [-0.39, 0.29) is 6.61 Å². The van der Waals surface area contributed by atoms with Crippen molar-refractivity contribution in [3.63, 3.8) is 0 Å². The second-order valence-corrected chi connectivity index (χ2v) is 5.16. The average Bonchev–Trinajstić information content (AvgIpc) is 2.78. The maximum atomic E-state index is 9.21. The molecule has 102 valence electrons. The van der Waals surface area contributed by atoms with Gasteiger partial charge in [-0.2, -0.15) is 5.10 Å². The Balaban J connectivity index is 2.07. The molecule has 0 amide bonds. The van der Waals surface area contributed by atoms with Gasteiger partial charge in [0, 0.05) is 11.5 Å². The summed E-state index contributed by atoms with van der Waals surface area (Å²) in [5, 5.41) is 13.6. The fraction of sp³-hybridized carbons (Fsp3) is 0.357. The lowest BCUT2D eigenvalue weighted by atomic mass is 10.2. The zero-order valence-electron chi connectivity index (χ0n) is 11.1. The summed E-state index contributed by atoms with van der Waals surface area (Å²) in [7, 11) is 1.92. The molecule has 1 aromatic heterocycles. The lowest BCUT2D eigenvalue weighted by Gasteiger charge is -2.08. The average molecular weight is 325 g/mol. The topological polar surface area (TPSA) is 47.3 Å². The molecule has 19 heavy (non-hydrogen) atoms. The Morgan fingerprint density at radius 2 is 2.16 bits per heavy atom. The third-order valence-corrected chi connectivity index (χ3v) is 3.74. The highest BCUT2D eigenvalue weighted by Crippen LogP contribution is 2.23. The number of rotatable bonds is 5. The van der Waals surface area contributed by atoms with Crippen molar-refractivity contribution < 1.29 is 9.84 Å². The van der Waals surface area contributed by atoms with E-state index in [0.29, 0.717) is 6.61 Å². The number of halogens is 1. The van der Waals surface area contributed by atoms with E-state index in [9.17, 15) is 5.11 Å². The normalized spacial score (nSPS) is 10.7. The van der Waals surface area contributed by atoms with Gasteiger partial charge in [0.15, 0.2) is 0 Å². The van der Waals surface area contributed by atoms with Crippen LogP contribution in [0.3, 0.4) is 0 Å². The quantitative estimate of drug-likeness (QED) is 0.920. The summed E-state index contributed by atoms with van der Waals surface area (Å²) in [4.78, 5) is 0. The largest absolute Gasteiger partial charge is 0.487 e. The molecule has 1 heterocycles. The zero-order valence-corrected chi connectivity index (χ0v) is 12.6. The monoisotopic (exact) mass is 324 g/mol. The number of benzene rings is 1. The first kappa shape index (κ1) is 14.1. The summed E-state index contributed by atoms with van der Waals surface area (Å²) in [6.07, 6.45) is 0.917. The summed E-state index contributed by atoms with van der Waals surface area (Å²) in [6.45, 7) is 2.54. The molecule has 0 spiro atoms. The van der Waals surface area contributed by atoms with Crippen LogP contribution in [0, 0.1) is 0 Å². The van der Waals surface area contributed by atoms with E-state index < -0.39 is 0 Å². The van der Waals surface area contributed by atoms with E-state index in [1.807, 2.05) is 36.0 Å². The molecule has 0 atom stereocenters.